The average Bonchev–Trinajstić information content (AvgIpc) is 2.13. The van der Waals surface area contributed by atoms with Crippen molar-refractivity contribution in [1.82, 2.24) is 9.80 Å². The summed E-state index contributed by atoms with van der Waals surface area (Å²) in [6.45, 7) is -0.322. The minimum absolute atomic E-state index is 0. The van der Waals surface area contributed by atoms with Gasteiger partial charge in [-0.15, -0.1) is 0 Å². The zero-order valence-electron chi connectivity index (χ0n) is 13.6. The van der Waals surface area contributed by atoms with Crippen LogP contribution in [0.25, 0.3) is 0 Å². The Balaban J connectivity index is -0.000000135. The number of hydrogen-bond donors (Lipinski definition) is 2. The molecule has 10 nitrogen and oxygen atoms in total. The van der Waals surface area contributed by atoms with Crippen molar-refractivity contribution >= 4 is 20.2 Å². The van der Waals surface area contributed by atoms with Crippen molar-refractivity contribution in [1.29, 1.82) is 0 Å². The molecule has 0 saturated carbocycles. The molecule has 0 radical (unpaired) electrons. The summed E-state index contributed by atoms with van der Waals surface area (Å²) in [7, 11) is -2.81. The SMILES string of the molecule is CN(C)CC(O)S(=O)(=O)[O-].CN(C)CC(O)S(=O)(=O)[O-].[Na+].[Na+]. The molecule has 124 valence electrons. The quantitative estimate of drug-likeness (QED) is 0.333. The number of likely N-dealkylation sites (N-methyl/N-ethyl adjacent to an activating group) is 2. The summed E-state index contributed by atoms with van der Waals surface area (Å²) in [6, 6.07) is 0. The van der Waals surface area contributed by atoms with Crippen LogP contribution in [0.15, 0.2) is 0 Å². The Bertz CT molecular complexity index is 425. The predicted octanol–water partition coefficient (Wildman–Crippen LogP) is -9.17. The minimum atomic E-state index is -4.53. The fourth-order valence-electron chi connectivity index (χ4n) is 0.807. The number of aliphatic hydroxyl groups excluding tert-OH is 2. The molecule has 0 aliphatic rings. The second-order valence-electron chi connectivity index (χ2n) is 4.42. The molecule has 22 heavy (non-hydrogen) atoms. The van der Waals surface area contributed by atoms with E-state index in [-0.39, 0.29) is 72.2 Å². The Morgan fingerprint density at radius 3 is 1.00 bits per heavy atom. The summed E-state index contributed by atoms with van der Waals surface area (Å²) in [5.41, 5.74) is -3.63. The van der Waals surface area contributed by atoms with Gasteiger partial charge in [0.25, 0.3) is 0 Å². The van der Waals surface area contributed by atoms with Gasteiger partial charge in [-0.05, 0) is 28.2 Å². The van der Waals surface area contributed by atoms with Crippen molar-refractivity contribution in [2.24, 2.45) is 0 Å². The molecule has 2 atom stereocenters. The van der Waals surface area contributed by atoms with Crippen LogP contribution >= 0.6 is 0 Å². The van der Waals surface area contributed by atoms with Crippen molar-refractivity contribution in [2.45, 2.75) is 10.9 Å². The van der Waals surface area contributed by atoms with Gasteiger partial charge in [0.2, 0.25) is 0 Å². The van der Waals surface area contributed by atoms with E-state index >= 15 is 0 Å². The first kappa shape index (κ1) is 31.4. The fourth-order valence-corrected chi connectivity index (χ4v) is 1.77. The standard InChI is InChI=1S/2C4H11NO4S.2Na/c2*1-5(2)3-4(6)10(7,8)9;;/h2*4,6H,3H2,1-2H3,(H,7,8,9);;/q;;2*+1/p-2. The minimum Gasteiger partial charge on any atom is -0.746 e. The van der Waals surface area contributed by atoms with E-state index < -0.39 is 31.1 Å². The Hall–Kier alpha value is 1.66. The molecule has 0 aromatic rings. The maximum atomic E-state index is 10.0. The van der Waals surface area contributed by atoms with E-state index in [2.05, 4.69) is 0 Å². The summed E-state index contributed by atoms with van der Waals surface area (Å²) >= 11 is 0. The van der Waals surface area contributed by atoms with Crippen molar-refractivity contribution in [3.63, 3.8) is 0 Å². The van der Waals surface area contributed by atoms with Gasteiger partial charge in [-0.2, -0.15) is 0 Å². The third-order valence-corrected chi connectivity index (χ3v) is 3.34. The van der Waals surface area contributed by atoms with Crippen molar-refractivity contribution in [2.75, 3.05) is 41.3 Å². The van der Waals surface area contributed by atoms with Crippen LogP contribution in [-0.4, -0.2) is 98.1 Å². The molecular formula is C8H20N2Na2O8S2. The van der Waals surface area contributed by atoms with Crippen molar-refractivity contribution in [3.8, 4) is 0 Å². The molecule has 0 aromatic carbocycles. The normalized spacial score (nSPS) is 14.3. The molecule has 0 saturated heterocycles. The summed E-state index contributed by atoms with van der Waals surface area (Å²) in [4.78, 5) is 2.83. The molecule has 0 amide bonds. The first-order valence-corrected chi connectivity index (χ1v) is 8.17. The van der Waals surface area contributed by atoms with Gasteiger partial charge in [0, 0.05) is 13.1 Å². The van der Waals surface area contributed by atoms with Gasteiger partial charge in [-0.3, -0.25) is 0 Å². The monoisotopic (exact) mass is 382 g/mol. The van der Waals surface area contributed by atoms with Crippen LogP contribution in [0.3, 0.4) is 0 Å². The smallest absolute Gasteiger partial charge is 0.746 e. The number of rotatable bonds is 6. The van der Waals surface area contributed by atoms with Crippen molar-refractivity contribution in [3.05, 3.63) is 0 Å². The van der Waals surface area contributed by atoms with Crippen LogP contribution in [0.2, 0.25) is 0 Å². The molecular weight excluding hydrogens is 362 g/mol. The van der Waals surface area contributed by atoms with Gasteiger partial charge in [0.05, 0.1) is 0 Å². The first-order chi connectivity index (χ1) is 8.67. The molecule has 0 fully saturated rings. The fraction of sp³-hybridized carbons (Fsp3) is 1.00. The number of aliphatic hydroxyl groups is 2. The second-order valence-corrected chi connectivity index (χ2v) is 7.48. The third-order valence-electron chi connectivity index (χ3n) is 1.71. The van der Waals surface area contributed by atoms with Gasteiger partial charge in [0.15, 0.2) is 10.9 Å². The molecule has 0 spiro atoms. The molecule has 0 heterocycles. The van der Waals surface area contributed by atoms with Gasteiger partial charge in [-0.25, -0.2) is 16.8 Å². The summed E-state index contributed by atoms with van der Waals surface area (Å²) < 4.78 is 60.2. The Kier molecular flexibility index (Phi) is 19.9. The third kappa shape index (κ3) is 19.7. The second kappa shape index (κ2) is 13.9. The van der Waals surface area contributed by atoms with E-state index in [0.717, 1.165) is 0 Å². The van der Waals surface area contributed by atoms with Crippen LogP contribution in [-0.2, 0) is 20.2 Å². The molecule has 0 aromatic heterocycles. The largest absolute Gasteiger partial charge is 1.00 e. The molecule has 14 heteroatoms. The van der Waals surface area contributed by atoms with Crippen LogP contribution in [0, 0.1) is 0 Å². The molecule has 0 aliphatic heterocycles. The topological polar surface area (TPSA) is 161 Å². The summed E-state index contributed by atoms with van der Waals surface area (Å²) in [5, 5.41) is 17.2. The Morgan fingerprint density at radius 1 is 0.773 bits per heavy atom. The zero-order valence-corrected chi connectivity index (χ0v) is 19.3. The van der Waals surface area contributed by atoms with Crippen LogP contribution in [0.1, 0.15) is 0 Å². The van der Waals surface area contributed by atoms with Gasteiger partial charge >= 0.3 is 59.1 Å². The maximum absolute atomic E-state index is 10.0. The number of nitrogens with zero attached hydrogens (tertiary/aromatic N) is 2. The van der Waals surface area contributed by atoms with E-state index in [4.69, 9.17) is 10.2 Å². The van der Waals surface area contributed by atoms with E-state index in [1.165, 1.54) is 9.80 Å². The van der Waals surface area contributed by atoms with E-state index in [1.807, 2.05) is 0 Å². The van der Waals surface area contributed by atoms with Gasteiger partial charge in [-0.1, -0.05) is 0 Å². The van der Waals surface area contributed by atoms with Gasteiger partial charge in [0.1, 0.15) is 20.2 Å². The van der Waals surface area contributed by atoms with Crippen molar-refractivity contribution < 1.29 is 95.3 Å². The molecule has 2 N–H and O–H groups in total. The van der Waals surface area contributed by atoms with Crippen LogP contribution < -0.4 is 59.1 Å². The summed E-state index contributed by atoms with van der Waals surface area (Å²) in [5.74, 6) is 0. The summed E-state index contributed by atoms with van der Waals surface area (Å²) in [6.07, 6.45) is 0. The van der Waals surface area contributed by atoms with E-state index in [1.54, 1.807) is 28.2 Å². The number of hydrogen-bond acceptors (Lipinski definition) is 10. The molecule has 0 bridgehead atoms. The molecule has 0 aliphatic carbocycles. The molecule has 2 unspecified atom stereocenters. The van der Waals surface area contributed by atoms with Gasteiger partial charge < -0.3 is 29.1 Å². The molecule has 0 rings (SSSR count). The predicted molar refractivity (Wildman–Crippen MR) is 68.5 cm³/mol. The van der Waals surface area contributed by atoms with Crippen LogP contribution in [0.4, 0.5) is 0 Å². The average molecular weight is 382 g/mol. The van der Waals surface area contributed by atoms with E-state index in [0.29, 0.717) is 0 Å². The van der Waals surface area contributed by atoms with E-state index in [9.17, 15) is 25.9 Å². The Labute approximate surface area is 175 Å². The maximum Gasteiger partial charge on any atom is 1.00 e. The zero-order chi connectivity index (χ0) is 16.7. The Morgan fingerprint density at radius 2 is 0.955 bits per heavy atom. The van der Waals surface area contributed by atoms with Crippen LogP contribution in [0.5, 0.6) is 0 Å². The first-order valence-electron chi connectivity index (χ1n) is 5.23.